The van der Waals surface area contributed by atoms with Gasteiger partial charge < -0.3 is 19.5 Å². The second kappa shape index (κ2) is 8.02. The summed E-state index contributed by atoms with van der Waals surface area (Å²) in [7, 11) is 5.02. The lowest BCUT2D eigenvalue weighted by Crippen LogP contribution is -2.33. The molecule has 0 radical (unpaired) electrons. The number of nitrogens with one attached hydrogen (secondary N) is 1. The molecule has 0 aliphatic carbocycles. The van der Waals surface area contributed by atoms with Crippen LogP contribution in [0.2, 0.25) is 0 Å². The van der Waals surface area contributed by atoms with E-state index in [4.69, 9.17) is 14.2 Å². The Morgan fingerprint density at radius 3 is 2.32 bits per heavy atom. The minimum atomic E-state index is 0.369. The molecule has 1 aromatic carbocycles. The van der Waals surface area contributed by atoms with E-state index in [1.54, 1.807) is 21.3 Å². The Kier molecular flexibility index (Phi) is 6.67. The van der Waals surface area contributed by atoms with E-state index in [1.165, 1.54) is 5.56 Å². The first-order valence-corrected chi connectivity index (χ1v) is 6.58. The summed E-state index contributed by atoms with van der Waals surface area (Å²) in [5.41, 5.74) is 1.23. The van der Waals surface area contributed by atoms with Crippen molar-refractivity contribution in [2.24, 2.45) is 0 Å². The summed E-state index contributed by atoms with van der Waals surface area (Å²) in [6.07, 6.45) is 0. The molecule has 0 aromatic heterocycles. The Hall–Kier alpha value is -1.26. The van der Waals surface area contributed by atoms with E-state index in [0.717, 1.165) is 24.7 Å². The van der Waals surface area contributed by atoms with Crippen molar-refractivity contribution in [1.29, 1.82) is 0 Å². The first-order chi connectivity index (χ1) is 9.13. The largest absolute Gasteiger partial charge is 0.493 e. The minimum absolute atomic E-state index is 0.369. The van der Waals surface area contributed by atoms with Gasteiger partial charge in [0.25, 0.3) is 0 Å². The molecule has 0 saturated carbocycles. The Morgan fingerprint density at radius 2 is 1.74 bits per heavy atom. The molecule has 1 aromatic rings. The van der Waals surface area contributed by atoms with Gasteiger partial charge in [0.05, 0.1) is 20.8 Å². The molecule has 0 bridgehead atoms. The van der Waals surface area contributed by atoms with Gasteiger partial charge in [-0.2, -0.15) is 0 Å². The number of rotatable bonds is 8. The molecule has 0 amide bonds. The van der Waals surface area contributed by atoms with Gasteiger partial charge in [-0.1, -0.05) is 13.0 Å². The molecule has 2 atom stereocenters. The fourth-order valence-corrected chi connectivity index (χ4v) is 1.99. The van der Waals surface area contributed by atoms with Gasteiger partial charge in [0.2, 0.25) is 0 Å². The molecular formula is C15H25NO3. The van der Waals surface area contributed by atoms with E-state index in [2.05, 4.69) is 25.2 Å². The number of methoxy groups -OCH3 is 3. The zero-order valence-electron chi connectivity index (χ0n) is 12.5. The highest BCUT2D eigenvalue weighted by Crippen LogP contribution is 2.31. The molecule has 108 valence electrons. The summed E-state index contributed by atoms with van der Waals surface area (Å²) in [6.45, 7) is 5.96. The van der Waals surface area contributed by atoms with Crippen LogP contribution < -0.4 is 14.8 Å². The highest BCUT2D eigenvalue weighted by Gasteiger charge is 2.15. The van der Waals surface area contributed by atoms with Crippen molar-refractivity contribution in [3.05, 3.63) is 23.8 Å². The zero-order valence-corrected chi connectivity index (χ0v) is 12.5. The first kappa shape index (κ1) is 15.8. The quantitative estimate of drug-likeness (QED) is 0.734. The van der Waals surface area contributed by atoms with Crippen molar-refractivity contribution >= 4 is 0 Å². The molecule has 0 aliphatic heterocycles. The van der Waals surface area contributed by atoms with Gasteiger partial charge in [0.15, 0.2) is 11.5 Å². The molecule has 2 unspecified atom stereocenters. The third kappa shape index (κ3) is 4.40. The Bertz CT molecular complexity index is 382. The highest BCUT2D eigenvalue weighted by molar-refractivity contribution is 5.44. The standard InChI is InChI=1S/C15H25NO3/c1-11(12(2)16-8-9-17-3)13-6-7-14(18-4)15(10-13)19-5/h6-7,10-12,16H,8-9H2,1-5H3. The van der Waals surface area contributed by atoms with E-state index in [0.29, 0.717) is 12.0 Å². The lowest BCUT2D eigenvalue weighted by Gasteiger charge is -2.22. The normalized spacial score (nSPS) is 13.9. The summed E-state index contributed by atoms with van der Waals surface area (Å²) in [5, 5.41) is 3.45. The fraction of sp³-hybridized carbons (Fsp3) is 0.600. The maximum absolute atomic E-state index is 5.34. The average molecular weight is 267 g/mol. The van der Waals surface area contributed by atoms with Crippen molar-refractivity contribution in [3.8, 4) is 11.5 Å². The Labute approximate surface area is 116 Å². The maximum Gasteiger partial charge on any atom is 0.160 e. The Morgan fingerprint density at radius 1 is 1.05 bits per heavy atom. The number of ether oxygens (including phenoxy) is 3. The van der Waals surface area contributed by atoms with Gasteiger partial charge in [-0.15, -0.1) is 0 Å². The van der Waals surface area contributed by atoms with Crippen molar-refractivity contribution in [3.63, 3.8) is 0 Å². The van der Waals surface area contributed by atoms with Gasteiger partial charge >= 0.3 is 0 Å². The van der Waals surface area contributed by atoms with Gasteiger partial charge in [-0.25, -0.2) is 0 Å². The third-order valence-corrected chi connectivity index (χ3v) is 3.46. The van der Waals surface area contributed by atoms with Crippen LogP contribution >= 0.6 is 0 Å². The lowest BCUT2D eigenvalue weighted by atomic mass is 9.94. The van der Waals surface area contributed by atoms with Crippen LogP contribution in [0.25, 0.3) is 0 Å². The van der Waals surface area contributed by atoms with E-state index in [-0.39, 0.29) is 0 Å². The zero-order chi connectivity index (χ0) is 14.3. The first-order valence-electron chi connectivity index (χ1n) is 6.58. The summed E-state index contributed by atoms with van der Waals surface area (Å²) in [6, 6.07) is 6.44. The topological polar surface area (TPSA) is 39.7 Å². The van der Waals surface area contributed by atoms with Crippen molar-refractivity contribution in [2.45, 2.75) is 25.8 Å². The summed E-state index contributed by atoms with van der Waals surface area (Å²) in [4.78, 5) is 0. The van der Waals surface area contributed by atoms with Crippen molar-refractivity contribution in [1.82, 2.24) is 5.32 Å². The van der Waals surface area contributed by atoms with E-state index in [9.17, 15) is 0 Å². The number of hydrogen-bond acceptors (Lipinski definition) is 4. The number of benzene rings is 1. The second-order valence-corrected chi connectivity index (χ2v) is 4.64. The highest BCUT2D eigenvalue weighted by atomic mass is 16.5. The molecule has 0 spiro atoms. The van der Waals surface area contributed by atoms with Crippen LogP contribution in [0.4, 0.5) is 0 Å². The van der Waals surface area contributed by atoms with E-state index < -0.39 is 0 Å². The molecule has 1 N–H and O–H groups in total. The summed E-state index contributed by atoms with van der Waals surface area (Å²) < 4.78 is 15.6. The molecular weight excluding hydrogens is 242 g/mol. The number of hydrogen-bond donors (Lipinski definition) is 1. The molecule has 19 heavy (non-hydrogen) atoms. The van der Waals surface area contributed by atoms with Gasteiger partial charge in [-0.05, 0) is 30.5 Å². The fourth-order valence-electron chi connectivity index (χ4n) is 1.99. The minimum Gasteiger partial charge on any atom is -0.493 e. The van der Waals surface area contributed by atoms with Crippen molar-refractivity contribution in [2.75, 3.05) is 34.5 Å². The molecule has 1 rings (SSSR count). The monoisotopic (exact) mass is 267 g/mol. The maximum atomic E-state index is 5.34. The molecule has 0 saturated heterocycles. The lowest BCUT2D eigenvalue weighted by molar-refractivity contribution is 0.195. The predicted octanol–water partition coefficient (Wildman–Crippen LogP) is 2.43. The molecule has 0 heterocycles. The van der Waals surface area contributed by atoms with Crippen LogP contribution in [0.1, 0.15) is 25.3 Å². The predicted molar refractivity (Wildman–Crippen MR) is 77.3 cm³/mol. The van der Waals surface area contributed by atoms with Crippen LogP contribution in [0, 0.1) is 0 Å². The van der Waals surface area contributed by atoms with Crippen LogP contribution in [0.5, 0.6) is 11.5 Å². The van der Waals surface area contributed by atoms with Crippen LogP contribution in [0.15, 0.2) is 18.2 Å². The summed E-state index contributed by atoms with van der Waals surface area (Å²) in [5.74, 6) is 1.92. The van der Waals surface area contributed by atoms with E-state index in [1.807, 2.05) is 12.1 Å². The van der Waals surface area contributed by atoms with Gasteiger partial charge in [0, 0.05) is 19.7 Å². The average Bonchev–Trinajstić information content (AvgIpc) is 2.45. The Balaban J connectivity index is 2.73. The third-order valence-electron chi connectivity index (χ3n) is 3.46. The molecule has 0 aliphatic rings. The SMILES string of the molecule is COCCNC(C)C(C)c1ccc(OC)c(OC)c1. The van der Waals surface area contributed by atoms with Crippen molar-refractivity contribution < 1.29 is 14.2 Å². The molecule has 4 nitrogen and oxygen atoms in total. The molecule has 4 heteroatoms. The smallest absolute Gasteiger partial charge is 0.160 e. The summed E-state index contributed by atoms with van der Waals surface area (Å²) >= 11 is 0. The van der Waals surface area contributed by atoms with Crippen LogP contribution in [0.3, 0.4) is 0 Å². The van der Waals surface area contributed by atoms with Gasteiger partial charge in [0.1, 0.15) is 0 Å². The van der Waals surface area contributed by atoms with Crippen LogP contribution in [-0.4, -0.2) is 40.5 Å². The second-order valence-electron chi connectivity index (χ2n) is 4.64. The van der Waals surface area contributed by atoms with E-state index >= 15 is 0 Å². The van der Waals surface area contributed by atoms with Crippen LogP contribution in [-0.2, 0) is 4.74 Å². The molecule has 0 fully saturated rings. The van der Waals surface area contributed by atoms with Gasteiger partial charge in [-0.3, -0.25) is 0 Å².